The zero-order chi connectivity index (χ0) is 13.5. The average Bonchev–Trinajstić information content (AvgIpc) is 2.62. The van der Waals surface area contributed by atoms with Gasteiger partial charge in [-0.15, -0.1) is 0 Å². The third-order valence-corrected chi connectivity index (χ3v) is 3.87. The Morgan fingerprint density at radius 1 is 0.895 bits per heavy atom. The molecule has 1 heteroatoms. The number of carbonyl (C=O) groups is 1. The highest BCUT2D eigenvalue weighted by atomic mass is 16.1. The fraction of sp³-hybridized carbons (Fsp3) is 0.167. The molecule has 0 fully saturated rings. The van der Waals surface area contributed by atoms with Crippen LogP contribution in [0.5, 0.6) is 0 Å². The zero-order valence-electron chi connectivity index (χ0n) is 11.2. The molecular formula is C18H16O. The number of hydrogen-bond donors (Lipinski definition) is 0. The lowest BCUT2D eigenvalue weighted by Crippen LogP contribution is -2.16. The molecule has 1 aliphatic rings. The first-order valence-corrected chi connectivity index (χ1v) is 6.52. The molecule has 0 spiro atoms. The fourth-order valence-electron chi connectivity index (χ4n) is 2.76. The smallest absolute Gasteiger partial charge is 0.190 e. The van der Waals surface area contributed by atoms with Gasteiger partial charge in [-0.05, 0) is 17.2 Å². The van der Waals surface area contributed by atoms with Gasteiger partial charge < -0.3 is 0 Å². The van der Waals surface area contributed by atoms with Gasteiger partial charge in [0.05, 0.1) is 0 Å². The molecule has 3 rings (SSSR count). The first-order valence-electron chi connectivity index (χ1n) is 6.52. The summed E-state index contributed by atoms with van der Waals surface area (Å²) in [4.78, 5) is 12.5. The van der Waals surface area contributed by atoms with E-state index in [9.17, 15) is 4.79 Å². The van der Waals surface area contributed by atoms with Crippen LogP contribution in [-0.2, 0) is 5.41 Å². The molecular weight excluding hydrogens is 232 g/mol. The maximum absolute atomic E-state index is 12.5. The van der Waals surface area contributed by atoms with Gasteiger partial charge in [-0.2, -0.15) is 0 Å². The third-order valence-electron chi connectivity index (χ3n) is 3.87. The molecule has 0 heterocycles. The molecule has 2 aromatic rings. The highest BCUT2D eigenvalue weighted by molar-refractivity contribution is 6.17. The van der Waals surface area contributed by atoms with Gasteiger partial charge >= 0.3 is 0 Å². The van der Waals surface area contributed by atoms with E-state index in [1.165, 1.54) is 0 Å². The second-order valence-corrected chi connectivity index (χ2v) is 5.47. The fourth-order valence-corrected chi connectivity index (χ4v) is 2.76. The van der Waals surface area contributed by atoms with Crippen molar-refractivity contribution in [3.05, 3.63) is 76.9 Å². The van der Waals surface area contributed by atoms with Crippen molar-refractivity contribution in [3.8, 4) is 0 Å². The van der Waals surface area contributed by atoms with Crippen LogP contribution in [0.2, 0.25) is 0 Å². The Morgan fingerprint density at radius 2 is 1.53 bits per heavy atom. The zero-order valence-corrected chi connectivity index (χ0v) is 11.2. The average molecular weight is 248 g/mol. The monoisotopic (exact) mass is 248 g/mol. The standard InChI is InChI=1S/C18H16O/c1-18(2)15-11-7-6-10-14(15)17(19)16(18)12-13-8-4-3-5-9-13/h3-12H,1-2H3/b16-12-. The van der Waals surface area contributed by atoms with Gasteiger partial charge in [0.2, 0.25) is 0 Å². The molecule has 94 valence electrons. The Hall–Kier alpha value is -2.15. The van der Waals surface area contributed by atoms with Crippen LogP contribution in [0.3, 0.4) is 0 Å². The molecule has 0 unspecified atom stereocenters. The Bertz CT molecular complexity index is 663. The molecule has 0 atom stereocenters. The first-order chi connectivity index (χ1) is 9.10. The number of hydrogen-bond acceptors (Lipinski definition) is 1. The van der Waals surface area contributed by atoms with Crippen molar-refractivity contribution in [3.63, 3.8) is 0 Å². The summed E-state index contributed by atoms with van der Waals surface area (Å²) in [6, 6.07) is 17.9. The molecule has 0 saturated heterocycles. The van der Waals surface area contributed by atoms with Crippen LogP contribution >= 0.6 is 0 Å². The minimum Gasteiger partial charge on any atom is -0.289 e. The van der Waals surface area contributed by atoms with E-state index in [-0.39, 0.29) is 11.2 Å². The van der Waals surface area contributed by atoms with Crippen molar-refractivity contribution >= 4 is 11.9 Å². The van der Waals surface area contributed by atoms with Crippen molar-refractivity contribution < 1.29 is 4.79 Å². The number of fused-ring (bicyclic) bond motifs is 1. The maximum atomic E-state index is 12.5. The number of carbonyl (C=O) groups excluding carboxylic acids is 1. The van der Waals surface area contributed by atoms with Gasteiger partial charge in [0.15, 0.2) is 5.78 Å². The largest absolute Gasteiger partial charge is 0.289 e. The minimum atomic E-state index is -0.219. The van der Waals surface area contributed by atoms with Crippen molar-refractivity contribution in [1.82, 2.24) is 0 Å². The van der Waals surface area contributed by atoms with Crippen LogP contribution in [0.4, 0.5) is 0 Å². The van der Waals surface area contributed by atoms with E-state index < -0.39 is 0 Å². The van der Waals surface area contributed by atoms with E-state index in [2.05, 4.69) is 19.9 Å². The van der Waals surface area contributed by atoms with E-state index in [4.69, 9.17) is 0 Å². The molecule has 0 aromatic heterocycles. The van der Waals surface area contributed by atoms with E-state index in [1.807, 2.05) is 54.6 Å². The third kappa shape index (κ3) is 1.82. The summed E-state index contributed by atoms with van der Waals surface area (Å²) < 4.78 is 0. The lowest BCUT2D eigenvalue weighted by atomic mass is 9.82. The second-order valence-electron chi connectivity index (χ2n) is 5.47. The summed E-state index contributed by atoms with van der Waals surface area (Å²) in [5.74, 6) is 0.157. The van der Waals surface area contributed by atoms with Crippen molar-refractivity contribution in [2.75, 3.05) is 0 Å². The van der Waals surface area contributed by atoms with Crippen LogP contribution in [0.25, 0.3) is 6.08 Å². The van der Waals surface area contributed by atoms with Gasteiger partial charge in [-0.25, -0.2) is 0 Å². The summed E-state index contributed by atoms with van der Waals surface area (Å²) in [7, 11) is 0. The van der Waals surface area contributed by atoms with Crippen LogP contribution in [0.15, 0.2) is 60.2 Å². The van der Waals surface area contributed by atoms with Crippen molar-refractivity contribution in [1.29, 1.82) is 0 Å². The first kappa shape index (κ1) is 11.9. The van der Waals surface area contributed by atoms with E-state index in [1.54, 1.807) is 0 Å². The number of ketones is 1. The molecule has 0 amide bonds. The van der Waals surface area contributed by atoms with Gasteiger partial charge in [0, 0.05) is 16.6 Å². The summed E-state index contributed by atoms with van der Waals surface area (Å²) >= 11 is 0. The molecule has 19 heavy (non-hydrogen) atoms. The van der Waals surface area contributed by atoms with Crippen LogP contribution in [0, 0.1) is 0 Å². The summed E-state index contributed by atoms with van der Waals surface area (Å²) in [6.07, 6.45) is 2.02. The summed E-state index contributed by atoms with van der Waals surface area (Å²) in [5.41, 5.74) is 3.70. The minimum absolute atomic E-state index is 0.157. The van der Waals surface area contributed by atoms with E-state index >= 15 is 0 Å². The van der Waals surface area contributed by atoms with Gasteiger partial charge in [0.25, 0.3) is 0 Å². The van der Waals surface area contributed by atoms with Crippen molar-refractivity contribution in [2.24, 2.45) is 0 Å². The van der Waals surface area contributed by atoms with Crippen LogP contribution < -0.4 is 0 Å². The molecule has 0 bridgehead atoms. The molecule has 0 saturated carbocycles. The normalized spacial score (nSPS) is 18.6. The maximum Gasteiger partial charge on any atom is 0.190 e. The molecule has 0 aliphatic heterocycles. The summed E-state index contributed by atoms with van der Waals surface area (Å²) in [6.45, 7) is 4.23. The Balaban J connectivity index is 2.16. The van der Waals surface area contributed by atoms with Crippen LogP contribution in [0.1, 0.15) is 35.3 Å². The van der Waals surface area contributed by atoms with E-state index in [0.717, 1.165) is 22.3 Å². The number of benzene rings is 2. The van der Waals surface area contributed by atoms with E-state index in [0.29, 0.717) is 0 Å². The topological polar surface area (TPSA) is 17.1 Å². The molecule has 0 radical (unpaired) electrons. The number of allylic oxidation sites excluding steroid dienone is 1. The van der Waals surface area contributed by atoms with Crippen LogP contribution in [-0.4, -0.2) is 5.78 Å². The highest BCUT2D eigenvalue weighted by Crippen LogP contribution is 2.43. The van der Waals surface area contributed by atoms with Gasteiger partial charge in [-0.3, -0.25) is 4.79 Å². The number of rotatable bonds is 1. The van der Waals surface area contributed by atoms with Gasteiger partial charge in [-0.1, -0.05) is 68.4 Å². The molecule has 1 aliphatic carbocycles. The SMILES string of the molecule is CC1(C)/C(=C\c2ccccc2)C(=O)c2ccccc21. The predicted molar refractivity (Wildman–Crippen MR) is 78.2 cm³/mol. The molecule has 0 N–H and O–H groups in total. The Kier molecular flexibility index (Phi) is 2.63. The molecule has 1 nitrogen and oxygen atoms in total. The number of Topliss-reactive ketones (excluding diaryl/α,β-unsaturated/α-hetero) is 1. The molecule has 2 aromatic carbocycles. The van der Waals surface area contributed by atoms with Gasteiger partial charge in [0.1, 0.15) is 0 Å². The second kappa shape index (κ2) is 4.20. The quantitative estimate of drug-likeness (QED) is 0.690. The highest BCUT2D eigenvalue weighted by Gasteiger charge is 2.40. The lowest BCUT2D eigenvalue weighted by Gasteiger charge is -2.20. The lowest BCUT2D eigenvalue weighted by molar-refractivity contribution is 0.103. The Morgan fingerprint density at radius 3 is 2.21 bits per heavy atom. The summed E-state index contributed by atoms with van der Waals surface area (Å²) in [5, 5.41) is 0. The van der Waals surface area contributed by atoms with Crippen molar-refractivity contribution in [2.45, 2.75) is 19.3 Å². The predicted octanol–water partition coefficient (Wildman–Crippen LogP) is 4.24. The Labute approximate surface area is 113 Å².